The fourth-order valence-corrected chi connectivity index (χ4v) is 5.80. The SMILES string of the molecule is C=CN(C)c1ccc(Oc2ccc(Nc3ncnc4cnc5c(c34)OCC3CN(C)CCN53)cc2C)cc1C(C)CC. The number of likely N-dealkylation sites (N-methyl/N-ethyl adjacent to an activating group) is 1. The Kier molecular flexibility index (Phi) is 7.60. The summed E-state index contributed by atoms with van der Waals surface area (Å²) in [6, 6.07) is 12.6. The monoisotopic (exact) mass is 565 g/mol. The predicted molar refractivity (Wildman–Crippen MR) is 170 cm³/mol. The molecule has 2 aromatic carbocycles. The van der Waals surface area contributed by atoms with Crippen molar-refractivity contribution < 1.29 is 9.47 Å². The second-order valence-electron chi connectivity index (χ2n) is 11.3. The number of hydrogen-bond acceptors (Lipinski definition) is 9. The van der Waals surface area contributed by atoms with Gasteiger partial charge in [-0.2, -0.15) is 0 Å². The van der Waals surface area contributed by atoms with Crippen LogP contribution in [0.1, 0.15) is 37.3 Å². The zero-order valence-corrected chi connectivity index (χ0v) is 25.1. The maximum absolute atomic E-state index is 6.39. The van der Waals surface area contributed by atoms with E-state index in [4.69, 9.17) is 14.5 Å². The summed E-state index contributed by atoms with van der Waals surface area (Å²) in [6.07, 6.45) is 6.25. The second kappa shape index (κ2) is 11.5. The molecule has 1 saturated heterocycles. The molecule has 1 fully saturated rings. The maximum Gasteiger partial charge on any atom is 0.175 e. The minimum Gasteiger partial charge on any atom is -0.487 e. The zero-order chi connectivity index (χ0) is 29.4. The average Bonchev–Trinajstić information content (AvgIpc) is 3.01. The number of nitrogens with one attached hydrogen (secondary N) is 1. The number of rotatable bonds is 8. The highest BCUT2D eigenvalue weighted by molar-refractivity contribution is 5.98. The molecular formula is C33H39N7O2. The van der Waals surface area contributed by atoms with Gasteiger partial charge in [0.1, 0.15) is 30.3 Å². The number of aromatic nitrogens is 3. The van der Waals surface area contributed by atoms with Gasteiger partial charge in [0.25, 0.3) is 0 Å². The van der Waals surface area contributed by atoms with Crippen molar-refractivity contribution in [3.63, 3.8) is 0 Å². The van der Waals surface area contributed by atoms with E-state index >= 15 is 0 Å². The number of benzene rings is 2. The van der Waals surface area contributed by atoms with Crippen LogP contribution in [0.25, 0.3) is 10.9 Å². The van der Waals surface area contributed by atoms with Crippen molar-refractivity contribution in [2.45, 2.75) is 39.2 Å². The van der Waals surface area contributed by atoms with Crippen LogP contribution in [0.15, 0.2) is 61.7 Å². The largest absolute Gasteiger partial charge is 0.487 e. The molecule has 2 aliphatic rings. The molecule has 4 aromatic rings. The Morgan fingerprint density at radius 2 is 2.05 bits per heavy atom. The number of nitrogens with zero attached hydrogens (tertiary/aromatic N) is 6. The van der Waals surface area contributed by atoms with Gasteiger partial charge in [-0.1, -0.05) is 20.4 Å². The van der Waals surface area contributed by atoms with Crippen LogP contribution in [0.5, 0.6) is 17.2 Å². The molecule has 0 bridgehead atoms. The third kappa shape index (κ3) is 5.20. The highest BCUT2D eigenvalue weighted by Crippen LogP contribution is 2.42. The van der Waals surface area contributed by atoms with Gasteiger partial charge in [-0.15, -0.1) is 0 Å². The van der Waals surface area contributed by atoms with Crippen LogP contribution in [-0.4, -0.2) is 66.2 Å². The number of aryl methyl sites for hydroxylation is 1. The van der Waals surface area contributed by atoms with Gasteiger partial charge in [0, 0.05) is 38.1 Å². The van der Waals surface area contributed by atoms with Gasteiger partial charge in [-0.05, 0) is 80.0 Å². The first-order valence-corrected chi connectivity index (χ1v) is 14.6. The van der Waals surface area contributed by atoms with Crippen molar-refractivity contribution in [2.75, 3.05) is 55.5 Å². The molecule has 9 heteroatoms. The van der Waals surface area contributed by atoms with Crippen LogP contribution >= 0.6 is 0 Å². The quantitative estimate of drug-likeness (QED) is 0.258. The van der Waals surface area contributed by atoms with Crippen LogP contribution in [0, 0.1) is 6.92 Å². The molecule has 0 saturated carbocycles. The van der Waals surface area contributed by atoms with Gasteiger partial charge in [-0.3, -0.25) is 0 Å². The van der Waals surface area contributed by atoms with Gasteiger partial charge in [-0.25, -0.2) is 15.0 Å². The second-order valence-corrected chi connectivity index (χ2v) is 11.3. The summed E-state index contributed by atoms with van der Waals surface area (Å²) < 4.78 is 12.7. The topological polar surface area (TPSA) is 78.9 Å². The zero-order valence-electron chi connectivity index (χ0n) is 25.1. The van der Waals surface area contributed by atoms with Gasteiger partial charge < -0.3 is 29.5 Å². The Morgan fingerprint density at radius 1 is 1.19 bits per heavy atom. The highest BCUT2D eigenvalue weighted by atomic mass is 16.5. The van der Waals surface area contributed by atoms with Crippen LogP contribution in [0.3, 0.4) is 0 Å². The molecule has 2 atom stereocenters. The average molecular weight is 566 g/mol. The predicted octanol–water partition coefficient (Wildman–Crippen LogP) is 6.48. The number of pyridine rings is 1. The number of piperazine rings is 1. The first-order chi connectivity index (χ1) is 20.4. The van der Waals surface area contributed by atoms with Gasteiger partial charge in [0.15, 0.2) is 11.6 Å². The highest BCUT2D eigenvalue weighted by Gasteiger charge is 2.34. The molecule has 218 valence electrons. The molecule has 0 amide bonds. The Morgan fingerprint density at radius 3 is 2.83 bits per heavy atom. The number of anilines is 4. The van der Waals surface area contributed by atoms with E-state index in [1.54, 1.807) is 6.33 Å². The fraction of sp³-hybridized carbons (Fsp3) is 0.364. The third-order valence-electron chi connectivity index (χ3n) is 8.46. The number of ether oxygens (including phenoxy) is 2. The standard InChI is InChI=1S/C33H39N7O2/c1-7-21(3)26-16-25(10-11-28(26)39(6)8-2)42-29-12-9-23(15-22(29)4)37-32-30-27(35-20-36-32)17-34-33-31(30)41-19-24-18-38(5)13-14-40(24)33/h8-12,15-17,20-21,24H,2,7,13-14,18-19H2,1,3-6H3,(H,35,36,37). The van der Waals surface area contributed by atoms with Crippen LogP contribution < -0.4 is 24.6 Å². The van der Waals surface area contributed by atoms with E-state index in [0.717, 1.165) is 77.0 Å². The first kappa shape index (κ1) is 27.8. The molecule has 0 aliphatic carbocycles. The summed E-state index contributed by atoms with van der Waals surface area (Å²) in [5.74, 6) is 4.32. The molecule has 6 rings (SSSR count). The molecule has 0 spiro atoms. The van der Waals surface area contributed by atoms with Gasteiger partial charge in [0.2, 0.25) is 0 Å². The van der Waals surface area contributed by atoms with Crippen molar-refractivity contribution in [1.82, 2.24) is 19.9 Å². The van der Waals surface area contributed by atoms with Crippen LogP contribution in [0.2, 0.25) is 0 Å². The van der Waals surface area contributed by atoms with Crippen molar-refractivity contribution in [2.24, 2.45) is 0 Å². The van der Waals surface area contributed by atoms with E-state index in [9.17, 15) is 0 Å². The normalized spacial score (nSPS) is 17.2. The minimum atomic E-state index is 0.290. The van der Waals surface area contributed by atoms with Crippen molar-refractivity contribution in [1.29, 1.82) is 0 Å². The van der Waals surface area contributed by atoms with Crippen molar-refractivity contribution >= 4 is 33.9 Å². The fourth-order valence-electron chi connectivity index (χ4n) is 5.80. The minimum absolute atomic E-state index is 0.290. The molecule has 42 heavy (non-hydrogen) atoms. The van der Waals surface area contributed by atoms with E-state index < -0.39 is 0 Å². The molecule has 9 nitrogen and oxygen atoms in total. The smallest absolute Gasteiger partial charge is 0.175 e. The number of fused-ring (bicyclic) bond motifs is 5. The molecule has 0 radical (unpaired) electrons. The Bertz CT molecular complexity index is 1620. The summed E-state index contributed by atoms with van der Waals surface area (Å²) in [5, 5.41) is 4.36. The van der Waals surface area contributed by atoms with Crippen LogP contribution in [0.4, 0.5) is 23.0 Å². The molecule has 2 aromatic heterocycles. The van der Waals surface area contributed by atoms with Crippen molar-refractivity contribution in [3.8, 4) is 17.2 Å². The van der Waals surface area contributed by atoms with E-state index in [1.165, 1.54) is 5.56 Å². The lowest BCUT2D eigenvalue weighted by atomic mass is 9.96. The summed E-state index contributed by atoms with van der Waals surface area (Å²) >= 11 is 0. The summed E-state index contributed by atoms with van der Waals surface area (Å²) in [4.78, 5) is 20.6. The maximum atomic E-state index is 6.39. The Balaban J connectivity index is 1.27. The third-order valence-corrected chi connectivity index (χ3v) is 8.46. The lowest BCUT2D eigenvalue weighted by Gasteiger charge is -2.43. The molecule has 4 heterocycles. The summed E-state index contributed by atoms with van der Waals surface area (Å²) in [5.41, 5.74) is 5.05. The first-order valence-electron chi connectivity index (χ1n) is 14.6. The van der Waals surface area contributed by atoms with E-state index in [-0.39, 0.29) is 6.04 Å². The molecule has 2 aliphatic heterocycles. The summed E-state index contributed by atoms with van der Waals surface area (Å²) in [7, 11) is 4.17. The Labute approximate surface area is 247 Å². The molecule has 2 unspecified atom stereocenters. The van der Waals surface area contributed by atoms with E-state index in [1.807, 2.05) is 37.6 Å². The number of hydrogen-bond donors (Lipinski definition) is 1. The van der Waals surface area contributed by atoms with E-state index in [2.05, 4.69) is 82.6 Å². The van der Waals surface area contributed by atoms with Gasteiger partial charge in [0.05, 0.1) is 23.1 Å². The molecular weight excluding hydrogens is 526 g/mol. The molecule has 1 N–H and O–H groups in total. The lowest BCUT2D eigenvalue weighted by Crippen LogP contribution is -2.56. The van der Waals surface area contributed by atoms with Gasteiger partial charge >= 0.3 is 0 Å². The van der Waals surface area contributed by atoms with Crippen LogP contribution in [-0.2, 0) is 0 Å². The van der Waals surface area contributed by atoms with Crippen molar-refractivity contribution in [3.05, 3.63) is 72.8 Å². The van der Waals surface area contributed by atoms with E-state index in [0.29, 0.717) is 18.3 Å². The summed E-state index contributed by atoms with van der Waals surface area (Å²) in [6.45, 7) is 13.9. The lowest BCUT2D eigenvalue weighted by molar-refractivity contribution is 0.188. The Hall–Kier alpha value is -4.37.